The van der Waals surface area contributed by atoms with Gasteiger partial charge in [0.1, 0.15) is 0 Å². The number of benzene rings is 1. The molecule has 1 aromatic rings. The number of phenolic OH excluding ortho intramolecular Hbond substituents is 1. The molecule has 4 heteroatoms. The van der Waals surface area contributed by atoms with E-state index < -0.39 is 5.82 Å². The highest BCUT2D eigenvalue weighted by Crippen LogP contribution is 2.15. The molecule has 0 saturated carbocycles. The van der Waals surface area contributed by atoms with Gasteiger partial charge in [0.05, 0.1) is 0 Å². The van der Waals surface area contributed by atoms with Crippen molar-refractivity contribution >= 4 is 0 Å². The lowest BCUT2D eigenvalue weighted by Gasteiger charge is -2.14. The first-order valence-electron chi connectivity index (χ1n) is 6.66. The van der Waals surface area contributed by atoms with Gasteiger partial charge in [-0.3, -0.25) is 0 Å². The van der Waals surface area contributed by atoms with Gasteiger partial charge in [0.25, 0.3) is 0 Å². The average molecular weight is 252 g/mol. The molecule has 0 amide bonds. The van der Waals surface area contributed by atoms with Gasteiger partial charge in [0.15, 0.2) is 11.6 Å². The van der Waals surface area contributed by atoms with E-state index in [-0.39, 0.29) is 5.75 Å². The number of halogens is 1. The summed E-state index contributed by atoms with van der Waals surface area (Å²) in [6.07, 6.45) is 3.79. The molecule has 1 aromatic carbocycles. The van der Waals surface area contributed by atoms with Gasteiger partial charge in [-0.25, -0.2) is 4.39 Å². The van der Waals surface area contributed by atoms with Crippen LogP contribution in [-0.4, -0.2) is 36.2 Å². The number of aromatic hydroxyl groups is 1. The van der Waals surface area contributed by atoms with Crippen LogP contribution in [-0.2, 0) is 6.54 Å². The largest absolute Gasteiger partial charge is 0.505 e. The summed E-state index contributed by atoms with van der Waals surface area (Å²) in [4.78, 5) is 2.49. The molecule has 0 aliphatic carbocycles. The van der Waals surface area contributed by atoms with Gasteiger partial charge in [-0.15, -0.1) is 0 Å². The van der Waals surface area contributed by atoms with Crippen molar-refractivity contribution in [1.29, 1.82) is 0 Å². The molecule has 1 heterocycles. The summed E-state index contributed by atoms with van der Waals surface area (Å²) >= 11 is 0. The third kappa shape index (κ3) is 3.96. The standard InChI is InChI=1S/C14H21FN2O/c15-13-10-12(4-5-14(13)18)11-16-6-3-9-17-7-1-2-8-17/h4-5,10,16,18H,1-3,6-9,11H2. The SMILES string of the molecule is Oc1ccc(CNCCCN2CCCC2)cc1F. The zero-order chi connectivity index (χ0) is 12.8. The molecule has 0 atom stereocenters. The Balaban J connectivity index is 1.61. The Bertz CT molecular complexity index is 378. The highest BCUT2D eigenvalue weighted by molar-refractivity contribution is 5.27. The molecule has 3 nitrogen and oxygen atoms in total. The Labute approximate surface area is 108 Å². The van der Waals surface area contributed by atoms with Gasteiger partial charge in [0, 0.05) is 6.54 Å². The normalized spacial score (nSPS) is 16.3. The molecule has 18 heavy (non-hydrogen) atoms. The summed E-state index contributed by atoms with van der Waals surface area (Å²) in [7, 11) is 0. The van der Waals surface area contributed by atoms with E-state index in [0.29, 0.717) is 6.54 Å². The molecular weight excluding hydrogens is 231 g/mol. The zero-order valence-electron chi connectivity index (χ0n) is 10.7. The first-order chi connectivity index (χ1) is 8.75. The number of rotatable bonds is 6. The van der Waals surface area contributed by atoms with Crippen molar-refractivity contribution in [3.63, 3.8) is 0 Å². The minimum atomic E-state index is -0.550. The van der Waals surface area contributed by atoms with Crippen molar-refractivity contribution in [1.82, 2.24) is 10.2 Å². The quantitative estimate of drug-likeness (QED) is 0.761. The Kier molecular flexibility index (Phi) is 4.96. The fraction of sp³-hybridized carbons (Fsp3) is 0.571. The molecule has 0 spiro atoms. The molecule has 0 unspecified atom stereocenters. The van der Waals surface area contributed by atoms with Crippen molar-refractivity contribution in [2.45, 2.75) is 25.8 Å². The summed E-state index contributed by atoms with van der Waals surface area (Å²) in [6, 6.07) is 4.52. The summed E-state index contributed by atoms with van der Waals surface area (Å²) in [6.45, 7) is 5.22. The molecule has 1 aliphatic rings. The Morgan fingerprint density at radius 1 is 1.28 bits per heavy atom. The molecule has 1 fully saturated rings. The van der Waals surface area contributed by atoms with Crippen LogP contribution in [0.25, 0.3) is 0 Å². The second kappa shape index (κ2) is 6.71. The van der Waals surface area contributed by atoms with Gasteiger partial charge in [0.2, 0.25) is 0 Å². The van der Waals surface area contributed by atoms with Crippen LogP contribution in [0.1, 0.15) is 24.8 Å². The summed E-state index contributed by atoms with van der Waals surface area (Å²) in [5, 5.41) is 12.4. The van der Waals surface area contributed by atoms with Crippen LogP contribution in [0.4, 0.5) is 4.39 Å². The fourth-order valence-corrected chi connectivity index (χ4v) is 2.33. The first-order valence-corrected chi connectivity index (χ1v) is 6.66. The molecule has 100 valence electrons. The van der Waals surface area contributed by atoms with Crippen LogP contribution < -0.4 is 5.32 Å². The van der Waals surface area contributed by atoms with E-state index in [1.165, 1.54) is 38.1 Å². The lowest BCUT2D eigenvalue weighted by Crippen LogP contribution is -2.24. The van der Waals surface area contributed by atoms with E-state index in [1.807, 2.05) is 0 Å². The number of hydrogen-bond donors (Lipinski definition) is 2. The Morgan fingerprint density at radius 3 is 2.78 bits per heavy atom. The number of hydrogen-bond acceptors (Lipinski definition) is 3. The molecule has 2 N–H and O–H groups in total. The van der Waals surface area contributed by atoms with E-state index in [9.17, 15) is 4.39 Å². The number of likely N-dealkylation sites (tertiary alicyclic amines) is 1. The average Bonchev–Trinajstić information content (AvgIpc) is 2.86. The maximum Gasteiger partial charge on any atom is 0.165 e. The van der Waals surface area contributed by atoms with Crippen LogP contribution in [0.15, 0.2) is 18.2 Å². The van der Waals surface area contributed by atoms with Gasteiger partial charge < -0.3 is 15.3 Å². The first kappa shape index (κ1) is 13.3. The second-order valence-corrected chi connectivity index (χ2v) is 4.86. The smallest absolute Gasteiger partial charge is 0.165 e. The third-order valence-electron chi connectivity index (χ3n) is 3.37. The van der Waals surface area contributed by atoms with Crippen LogP contribution in [0.3, 0.4) is 0 Å². The van der Waals surface area contributed by atoms with E-state index in [2.05, 4.69) is 10.2 Å². The van der Waals surface area contributed by atoms with Gasteiger partial charge in [-0.1, -0.05) is 6.07 Å². The van der Waals surface area contributed by atoms with E-state index in [0.717, 1.165) is 25.1 Å². The Hall–Kier alpha value is -1.13. The minimum Gasteiger partial charge on any atom is -0.505 e. The van der Waals surface area contributed by atoms with E-state index in [4.69, 9.17) is 5.11 Å². The van der Waals surface area contributed by atoms with Gasteiger partial charge in [-0.05, 0) is 63.1 Å². The lowest BCUT2D eigenvalue weighted by atomic mass is 10.2. The van der Waals surface area contributed by atoms with Crippen molar-refractivity contribution in [3.8, 4) is 5.75 Å². The summed E-state index contributed by atoms with van der Waals surface area (Å²) < 4.78 is 13.1. The van der Waals surface area contributed by atoms with Gasteiger partial charge in [-0.2, -0.15) is 0 Å². The highest BCUT2D eigenvalue weighted by atomic mass is 19.1. The molecule has 1 aliphatic heterocycles. The highest BCUT2D eigenvalue weighted by Gasteiger charge is 2.09. The maximum atomic E-state index is 13.1. The van der Waals surface area contributed by atoms with Crippen molar-refractivity contribution in [2.24, 2.45) is 0 Å². The van der Waals surface area contributed by atoms with Gasteiger partial charge >= 0.3 is 0 Å². The zero-order valence-corrected chi connectivity index (χ0v) is 10.7. The van der Waals surface area contributed by atoms with E-state index >= 15 is 0 Å². The molecule has 2 rings (SSSR count). The topological polar surface area (TPSA) is 35.5 Å². The summed E-state index contributed by atoms with van der Waals surface area (Å²) in [5.41, 5.74) is 0.867. The molecular formula is C14H21FN2O. The second-order valence-electron chi connectivity index (χ2n) is 4.86. The monoisotopic (exact) mass is 252 g/mol. The van der Waals surface area contributed by atoms with Crippen LogP contribution in [0.2, 0.25) is 0 Å². The number of nitrogens with one attached hydrogen (secondary N) is 1. The predicted octanol–water partition coefficient (Wildman–Crippen LogP) is 2.11. The van der Waals surface area contributed by atoms with Crippen LogP contribution in [0, 0.1) is 5.82 Å². The molecule has 0 aromatic heterocycles. The molecule has 0 radical (unpaired) electrons. The molecule has 0 bridgehead atoms. The minimum absolute atomic E-state index is 0.284. The predicted molar refractivity (Wildman–Crippen MR) is 70.1 cm³/mol. The van der Waals surface area contributed by atoms with E-state index in [1.54, 1.807) is 6.07 Å². The van der Waals surface area contributed by atoms with Crippen LogP contribution >= 0.6 is 0 Å². The summed E-state index contributed by atoms with van der Waals surface area (Å²) in [5.74, 6) is -0.834. The maximum absolute atomic E-state index is 13.1. The molecule has 1 saturated heterocycles. The van der Waals surface area contributed by atoms with Crippen molar-refractivity contribution in [2.75, 3.05) is 26.2 Å². The fourth-order valence-electron chi connectivity index (χ4n) is 2.33. The Morgan fingerprint density at radius 2 is 2.06 bits per heavy atom. The lowest BCUT2D eigenvalue weighted by molar-refractivity contribution is 0.331. The number of nitrogens with zero attached hydrogens (tertiary/aromatic N) is 1. The third-order valence-corrected chi connectivity index (χ3v) is 3.37. The number of phenols is 1. The van der Waals surface area contributed by atoms with Crippen LogP contribution in [0.5, 0.6) is 5.75 Å². The van der Waals surface area contributed by atoms with Crippen molar-refractivity contribution in [3.05, 3.63) is 29.6 Å². The van der Waals surface area contributed by atoms with Crippen molar-refractivity contribution < 1.29 is 9.50 Å².